The van der Waals surface area contributed by atoms with Crippen LogP contribution >= 0.6 is 0 Å². The van der Waals surface area contributed by atoms with Crippen LogP contribution in [-0.4, -0.2) is 17.4 Å². The third-order valence-corrected chi connectivity index (χ3v) is 3.75. The van der Waals surface area contributed by atoms with Crippen LogP contribution in [0.2, 0.25) is 0 Å². The van der Waals surface area contributed by atoms with Crippen molar-refractivity contribution in [3.05, 3.63) is 59.5 Å². The summed E-state index contributed by atoms with van der Waals surface area (Å²) in [5.74, 6) is 0.613. The number of nitrogens with one attached hydrogen (secondary N) is 2. The SMILES string of the molecule is CCCNC(=O)c1cccc(NCc2cccc3oc(C)nc23)c1. The third-order valence-electron chi connectivity index (χ3n) is 3.75. The molecule has 3 aromatic rings. The van der Waals surface area contributed by atoms with Crippen LogP contribution in [0.15, 0.2) is 46.9 Å². The van der Waals surface area contributed by atoms with Crippen molar-refractivity contribution in [3.63, 3.8) is 0 Å². The van der Waals surface area contributed by atoms with Gasteiger partial charge in [-0.3, -0.25) is 4.79 Å². The summed E-state index contributed by atoms with van der Waals surface area (Å²) in [6.45, 7) is 5.17. The first-order valence-corrected chi connectivity index (χ1v) is 8.14. The van der Waals surface area contributed by atoms with E-state index in [0.29, 0.717) is 24.5 Å². The number of rotatable bonds is 6. The summed E-state index contributed by atoms with van der Waals surface area (Å²) in [6.07, 6.45) is 0.921. The number of amides is 1. The zero-order chi connectivity index (χ0) is 16.9. The molecule has 0 atom stereocenters. The molecule has 0 aliphatic heterocycles. The summed E-state index contributed by atoms with van der Waals surface area (Å²) in [6, 6.07) is 13.4. The van der Waals surface area contributed by atoms with Gasteiger partial charge in [-0.15, -0.1) is 0 Å². The number of nitrogens with zero attached hydrogens (tertiary/aromatic N) is 1. The second-order valence-corrected chi connectivity index (χ2v) is 5.69. The van der Waals surface area contributed by atoms with Crippen LogP contribution in [0.5, 0.6) is 0 Å². The minimum absolute atomic E-state index is 0.0465. The Labute approximate surface area is 141 Å². The van der Waals surface area contributed by atoms with Gasteiger partial charge in [-0.05, 0) is 30.7 Å². The standard InChI is InChI=1S/C19H21N3O2/c1-3-10-20-19(23)14-6-4-8-16(11-14)21-12-15-7-5-9-17-18(15)22-13(2)24-17/h4-9,11,21H,3,10,12H2,1-2H3,(H,20,23). The van der Waals surface area contributed by atoms with Crippen LogP contribution in [-0.2, 0) is 6.54 Å². The number of carbonyl (C=O) groups excluding carboxylic acids is 1. The Morgan fingerprint density at radius 3 is 2.88 bits per heavy atom. The van der Waals surface area contributed by atoms with Gasteiger partial charge in [0, 0.05) is 36.8 Å². The summed E-state index contributed by atoms with van der Waals surface area (Å²) in [5, 5.41) is 6.24. The molecule has 0 unspecified atom stereocenters. The zero-order valence-electron chi connectivity index (χ0n) is 13.9. The summed E-state index contributed by atoms with van der Waals surface area (Å²) < 4.78 is 5.56. The van der Waals surface area contributed by atoms with Crippen LogP contribution in [0.3, 0.4) is 0 Å². The van der Waals surface area contributed by atoms with Crippen molar-refractivity contribution in [2.24, 2.45) is 0 Å². The minimum Gasteiger partial charge on any atom is -0.441 e. The lowest BCUT2D eigenvalue weighted by molar-refractivity contribution is 0.0953. The molecule has 0 aliphatic carbocycles. The molecule has 5 heteroatoms. The van der Waals surface area contributed by atoms with Crippen molar-refractivity contribution in [1.29, 1.82) is 0 Å². The van der Waals surface area contributed by atoms with Gasteiger partial charge in [0.05, 0.1) is 0 Å². The molecule has 2 aromatic carbocycles. The van der Waals surface area contributed by atoms with Gasteiger partial charge in [-0.2, -0.15) is 0 Å². The van der Waals surface area contributed by atoms with Gasteiger partial charge in [0.15, 0.2) is 11.5 Å². The van der Waals surface area contributed by atoms with E-state index in [1.807, 2.05) is 56.3 Å². The topological polar surface area (TPSA) is 67.2 Å². The number of hydrogen-bond donors (Lipinski definition) is 2. The number of anilines is 1. The fourth-order valence-corrected chi connectivity index (χ4v) is 2.57. The molecular weight excluding hydrogens is 302 g/mol. The second kappa shape index (κ2) is 7.17. The molecule has 1 heterocycles. The van der Waals surface area contributed by atoms with Crippen molar-refractivity contribution in [3.8, 4) is 0 Å². The summed E-state index contributed by atoms with van der Waals surface area (Å²) >= 11 is 0. The first kappa shape index (κ1) is 16.1. The number of fused-ring (bicyclic) bond motifs is 1. The first-order chi connectivity index (χ1) is 11.7. The zero-order valence-corrected chi connectivity index (χ0v) is 13.9. The van der Waals surface area contributed by atoms with Gasteiger partial charge >= 0.3 is 0 Å². The lowest BCUT2D eigenvalue weighted by Gasteiger charge is -2.09. The molecule has 124 valence electrons. The molecule has 0 aliphatic rings. The summed E-state index contributed by atoms with van der Waals surface area (Å²) in [5.41, 5.74) is 4.28. The number of para-hydroxylation sites is 1. The van der Waals surface area contributed by atoms with E-state index in [1.165, 1.54) is 0 Å². The van der Waals surface area contributed by atoms with Gasteiger partial charge in [0.25, 0.3) is 5.91 Å². The molecule has 0 radical (unpaired) electrons. The fraction of sp³-hybridized carbons (Fsp3) is 0.263. The van der Waals surface area contributed by atoms with E-state index in [2.05, 4.69) is 15.6 Å². The molecule has 5 nitrogen and oxygen atoms in total. The maximum Gasteiger partial charge on any atom is 0.251 e. The molecule has 0 bridgehead atoms. The molecule has 1 amide bonds. The minimum atomic E-state index is -0.0465. The van der Waals surface area contributed by atoms with Gasteiger partial charge < -0.3 is 15.1 Å². The van der Waals surface area contributed by atoms with Crippen molar-refractivity contribution in [1.82, 2.24) is 10.3 Å². The molecule has 24 heavy (non-hydrogen) atoms. The maximum atomic E-state index is 12.0. The van der Waals surface area contributed by atoms with E-state index < -0.39 is 0 Å². The number of carbonyl (C=O) groups is 1. The maximum absolute atomic E-state index is 12.0. The van der Waals surface area contributed by atoms with E-state index >= 15 is 0 Å². The quantitative estimate of drug-likeness (QED) is 0.722. The molecule has 0 saturated heterocycles. The highest BCUT2D eigenvalue weighted by Gasteiger charge is 2.08. The smallest absolute Gasteiger partial charge is 0.251 e. The highest BCUT2D eigenvalue weighted by atomic mass is 16.3. The number of aryl methyl sites for hydroxylation is 1. The number of oxazole rings is 1. The van der Waals surface area contributed by atoms with Gasteiger partial charge in [-0.25, -0.2) is 4.98 Å². The molecule has 0 fully saturated rings. The van der Waals surface area contributed by atoms with Crippen molar-refractivity contribution in [2.75, 3.05) is 11.9 Å². The Hall–Kier alpha value is -2.82. The average molecular weight is 323 g/mol. The second-order valence-electron chi connectivity index (χ2n) is 5.69. The fourth-order valence-electron chi connectivity index (χ4n) is 2.57. The third kappa shape index (κ3) is 3.56. The Bertz CT molecular complexity index is 855. The number of aromatic nitrogens is 1. The first-order valence-electron chi connectivity index (χ1n) is 8.14. The van der Waals surface area contributed by atoms with Gasteiger partial charge in [0.2, 0.25) is 0 Å². The van der Waals surface area contributed by atoms with Gasteiger partial charge in [0.1, 0.15) is 5.52 Å². The van der Waals surface area contributed by atoms with Crippen molar-refractivity contribution < 1.29 is 9.21 Å². The highest BCUT2D eigenvalue weighted by molar-refractivity contribution is 5.95. The summed E-state index contributed by atoms with van der Waals surface area (Å²) in [4.78, 5) is 16.5. The van der Waals surface area contributed by atoms with E-state index in [4.69, 9.17) is 4.42 Å². The Kier molecular flexibility index (Phi) is 4.79. The van der Waals surface area contributed by atoms with Crippen LogP contribution < -0.4 is 10.6 Å². The largest absolute Gasteiger partial charge is 0.441 e. The number of hydrogen-bond acceptors (Lipinski definition) is 4. The molecule has 0 spiro atoms. The number of benzene rings is 2. The van der Waals surface area contributed by atoms with Crippen LogP contribution in [0, 0.1) is 6.92 Å². The molecule has 1 aromatic heterocycles. The molecular formula is C19H21N3O2. The van der Waals surface area contributed by atoms with E-state index in [0.717, 1.165) is 28.8 Å². The lowest BCUT2D eigenvalue weighted by Crippen LogP contribution is -2.23. The van der Waals surface area contributed by atoms with E-state index in [9.17, 15) is 4.79 Å². The monoisotopic (exact) mass is 323 g/mol. The van der Waals surface area contributed by atoms with Crippen molar-refractivity contribution in [2.45, 2.75) is 26.8 Å². The van der Waals surface area contributed by atoms with E-state index in [-0.39, 0.29) is 5.91 Å². The Morgan fingerprint density at radius 2 is 2.04 bits per heavy atom. The van der Waals surface area contributed by atoms with Crippen LogP contribution in [0.1, 0.15) is 35.2 Å². The predicted octanol–water partition coefficient (Wildman–Crippen LogP) is 3.89. The van der Waals surface area contributed by atoms with Gasteiger partial charge in [-0.1, -0.05) is 25.1 Å². The highest BCUT2D eigenvalue weighted by Crippen LogP contribution is 2.20. The van der Waals surface area contributed by atoms with Crippen LogP contribution in [0.25, 0.3) is 11.1 Å². The Balaban J connectivity index is 1.73. The summed E-state index contributed by atoms with van der Waals surface area (Å²) in [7, 11) is 0. The molecule has 3 rings (SSSR count). The molecule has 2 N–H and O–H groups in total. The molecule has 0 saturated carbocycles. The predicted molar refractivity (Wildman–Crippen MR) is 95.1 cm³/mol. The Morgan fingerprint density at radius 1 is 1.21 bits per heavy atom. The van der Waals surface area contributed by atoms with E-state index in [1.54, 1.807) is 0 Å². The van der Waals surface area contributed by atoms with Crippen molar-refractivity contribution >= 4 is 22.7 Å². The van der Waals surface area contributed by atoms with Crippen LogP contribution in [0.4, 0.5) is 5.69 Å². The normalized spacial score (nSPS) is 10.8. The lowest BCUT2D eigenvalue weighted by atomic mass is 10.1. The average Bonchev–Trinajstić information content (AvgIpc) is 2.98.